The third-order valence-corrected chi connectivity index (χ3v) is 5.72. The molecule has 0 saturated carbocycles. The van der Waals surface area contributed by atoms with Crippen molar-refractivity contribution >= 4 is 23.8 Å². The number of likely N-dealkylation sites (tertiary alicyclic amines) is 1. The van der Waals surface area contributed by atoms with E-state index in [4.69, 9.17) is 4.74 Å². The second kappa shape index (κ2) is 6.34. The summed E-state index contributed by atoms with van der Waals surface area (Å²) in [6.45, 7) is 2.18. The van der Waals surface area contributed by atoms with Gasteiger partial charge in [-0.2, -0.15) is 0 Å². The van der Waals surface area contributed by atoms with Crippen LogP contribution >= 0.6 is 0 Å². The molecule has 2 aromatic carbocycles. The first-order valence-electron chi connectivity index (χ1n) is 9.06. The molecule has 0 bridgehead atoms. The highest BCUT2D eigenvalue weighted by atomic mass is 16.5. The van der Waals surface area contributed by atoms with E-state index in [1.165, 1.54) is 7.11 Å². The summed E-state index contributed by atoms with van der Waals surface area (Å²) in [5.74, 6) is -0.468. The Morgan fingerprint density at radius 3 is 2.59 bits per heavy atom. The van der Waals surface area contributed by atoms with Gasteiger partial charge in [-0.3, -0.25) is 9.79 Å². The molecule has 0 unspecified atom stereocenters. The molecule has 1 amide bonds. The van der Waals surface area contributed by atoms with Gasteiger partial charge in [0.2, 0.25) is 5.91 Å². The maximum atomic E-state index is 13.3. The second-order valence-corrected chi connectivity index (χ2v) is 7.52. The molecular weight excluding hydrogens is 340 g/mol. The molecule has 0 radical (unpaired) electrons. The van der Waals surface area contributed by atoms with Crippen LogP contribution in [0.1, 0.15) is 30.9 Å². The molecule has 2 heterocycles. The quantitative estimate of drug-likeness (QED) is 0.787. The van der Waals surface area contributed by atoms with Gasteiger partial charge in [0.05, 0.1) is 12.8 Å². The van der Waals surface area contributed by atoms with Crippen LogP contribution in [0.5, 0.6) is 0 Å². The highest BCUT2D eigenvalue weighted by Crippen LogP contribution is 2.49. The SMILES string of the molecule is COC(=O)[C@@]1(C)C[C@]2(C=Nc3ccccc32)CC(=O)N1Cc1ccccc1. The first-order valence-corrected chi connectivity index (χ1v) is 9.06. The van der Waals surface area contributed by atoms with Crippen molar-refractivity contribution in [2.45, 2.75) is 37.3 Å². The van der Waals surface area contributed by atoms with Crippen LogP contribution in [0.25, 0.3) is 0 Å². The van der Waals surface area contributed by atoms with Crippen LogP contribution in [0.3, 0.4) is 0 Å². The van der Waals surface area contributed by atoms with Gasteiger partial charge >= 0.3 is 5.97 Å². The Bertz CT molecular complexity index is 924. The Morgan fingerprint density at radius 2 is 1.85 bits per heavy atom. The molecule has 1 fully saturated rings. The van der Waals surface area contributed by atoms with E-state index in [1.54, 1.807) is 11.8 Å². The smallest absolute Gasteiger partial charge is 0.331 e. The highest BCUT2D eigenvalue weighted by Gasteiger charge is 2.56. The Kier molecular flexibility index (Phi) is 4.10. The Morgan fingerprint density at radius 1 is 1.15 bits per heavy atom. The van der Waals surface area contributed by atoms with Crippen LogP contribution in [0.2, 0.25) is 0 Å². The van der Waals surface area contributed by atoms with Gasteiger partial charge in [0.25, 0.3) is 0 Å². The molecule has 138 valence electrons. The summed E-state index contributed by atoms with van der Waals surface area (Å²) in [6, 6.07) is 17.5. The summed E-state index contributed by atoms with van der Waals surface area (Å²) in [5, 5.41) is 0. The number of ether oxygens (including phenoxy) is 1. The van der Waals surface area contributed by atoms with E-state index >= 15 is 0 Å². The minimum absolute atomic E-state index is 0.0684. The van der Waals surface area contributed by atoms with Crippen molar-refractivity contribution in [1.29, 1.82) is 0 Å². The fourth-order valence-electron chi connectivity index (χ4n) is 4.40. The van der Waals surface area contributed by atoms with Crippen LogP contribution in [0.4, 0.5) is 5.69 Å². The standard InChI is InChI=1S/C22H22N2O3/c1-21(20(26)27-2)14-22(15-23-18-11-7-6-10-17(18)22)12-19(25)24(21)13-16-8-4-3-5-9-16/h3-11,15H,12-14H2,1-2H3/t21-,22+/m1/s1. The van der Waals surface area contributed by atoms with Gasteiger partial charge < -0.3 is 9.64 Å². The molecule has 27 heavy (non-hydrogen) atoms. The summed E-state index contributed by atoms with van der Waals surface area (Å²) in [5.41, 5.74) is 1.23. The topological polar surface area (TPSA) is 59.0 Å². The van der Waals surface area contributed by atoms with Gasteiger partial charge in [-0.15, -0.1) is 0 Å². The number of aliphatic imine (C=N–C) groups is 1. The van der Waals surface area contributed by atoms with Crippen LogP contribution in [0, 0.1) is 0 Å². The number of methoxy groups -OCH3 is 1. The van der Waals surface area contributed by atoms with Crippen molar-refractivity contribution in [3.8, 4) is 0 Å². The number of hydrogen-bond donors (Lipinski definition) is 0. The number of benzene rings is 2. The van der Waals surface area contributed by atoms with E-state index in [-0.39, 0.29) is 5.91 Å². The average Bonchev–Trinajstić information content (AvgIpc) is 3.03. The fraction of sp³-hybridized carbons (Fsp3) is 0.318. The molecule has 2 aromatic rings. The number of amides is 1. The minimum atomic E-state index is -1.07. The molecule has 4 rings (SSSR count). The van der Waals surface area contributed by atoms with Crippen LogP contribution in [-0.4, -0.2) is 35.6 Å². The first-order chi connectivity index (χ1) is 13.0. The van der Waals surface area contributed by atoms with E-state index < -0.39 is 16.9 Å². The number of hydrogen-bond acceptors (Lipinski definition) is 4. The monoisotopic (exact) mass is 362 g/mol. The van der Waals surface area contributed by atoms with E-state index in [2.05, 4.69) is 4.99 Å². The molecule has 5 nitrogen and oxygen atoms in total. The molecule has 0 N–H and O–H groups in total. The van der Waals surface area contributed by atoms with Gasteiger partial charge in [0, 0.05) is 24.6 Å². The van der Waals surface area contributed by atoms with E-state index in [0.29, 0.717) is 19.4 Å². The van der Waals surface area contributed by atoms with Crippen molar-refractivity contribution in [2.75, 3.05) is 7.11 Å². The molecule has 2 aliphatic heterocycles. The number of esters is 1. The van der Waals surface area contributed by atoms with Gasteiger partial charge in [-0.1, -0.05) is 48.5 Å². The molecule has 0 aromatic heterocycles. The van der Waals surface area contributed by atoms with E-state index in [1.807, 2.05) is 60.8 Å². The van der Waals surface area contributed by atoms with Gasteiger partial charge in [-0.05, 0) is 30.5 Å². The van der Waals surface area contributed by atoms with Gasteiger partial charge in [0.15, 0.2) is 0 Å². The number of carbonyl (C=O) groups excluding carboxylic acids is 2. The Labute approximate surface area is 158 Å². The third kappa shape index (κ3) is 2.74. The molecule has 1 saturated heterocycles. The summed E-state index contributed by atoms with van der Waals surface area (Å²) in [7, 11) is 1.37. The molecule has 2 aliphatic rings. The predicted molar refractivity (Wildman–Crippen MR) is 103 cm³/mol. The zero-order valence-corrected chi connectivity index (χ0v) is 15.5. The van der Waals surface area contributed by atoms with Gasteiger partial charge in [0.1, 0.15) is 5.54 Å². The molecule has 1 spiro atoms. The highest BCUT2D eigenvalue weighted by molar-refractivity contribution is 5.97. The van der Waals surface area contributed by atoms with E-state index in [0.717, 1.165) is 16.8 Å². The lowest BCUT2D eigenvalue weighted by Crippen LogP contribution is -2.63. The summed E-state index contributed by atoms with van der Waals surface area (Å²) < 4.78 is 5.12. The van der Waals surface area contributed by atoms with Crippen molar-refractivity contribution in [1.82, 2.24) is 4.90 Å². The number of carbonyl (C=O) groups is 2. The summed E-state index contributed by atoms with van der Waals surface area (Å²) in [4.78, 5) is 32.3. The lowest BCUT2D eigenvalue weighted by Gasteiger charge is -2.48. The third-order valence-electron chi connectivity index (χ3n) is 5.72. The van der Waals surface area contributed by atoms with E-state index in [9.17, 15) is 9.59 Å². The predicted octanol–water partition coefficient (Wildman–Crippen LogP) is 3.39. The molecule has 0 aliphatic carbocycles. The zero-order valence-electron chi connectivity index (χ0n) is 15.5. The number of nitrogens with zero attached hydrogens (tertiary/aromatic N) is 2. The normalized spacial score (nSPS) is 26.3. The van der Waals surface area contributed by atoms with Crippen LogP contribution in [-0.2, 0) is 26.3 Å². The molecule has 2 atom stereocenters. The second-order valence-electron chi connectivity index (χ2n) is 7.52. The first kappa shape index (κ1) is 17.5. The van der Waals surface area contributed by atoms with Crippen LogP contribution in [0.15, 0.2) is 59.6 Å². The molecular formula is C22H22N2O3. The average molecular weight is 362 g/mol. The molecule has 5 heteroatoms. The van der Waals surface area contributed by atoms with Crippen molar-refractivity contribution in [3.63, 3.8) is 0 Å². The Balaban J connectivity index is 1.75. The van der Waals surface area contributed by atoms with Crippen LogP contribution < -0.4 is 0 Å². The van der Waals surface area contributed by atoms with Crippen molar-refractivity contribution < 1.29 is 14.3 Å². The number of para-hydroxylation sites is 1. The summed E-state index contributed by atoms with van der Waals surface area (Å²) >= 11 is 0. The fourth-order valence-corrected chi connectivity index (χ4v) is 4.40. The number of rotatable bonds is 3. The Hall–Kier alpha value is -2.95. The number of piperidine rings is 1. The lowest BCUT2D eigenvalue weighted by molar-refractivity contribution is -0.167. The maximum absolute atomic E-state index is 13.3. The number of fused-ring (bicyclic) bond motifs is 2. The largest absolute Gasteiger partial charge is 0.467 e. The van der Waals surface area contributed by atoms with Crippen molar-refractivity contribution in [3.05, 3.63) is 65.7 Å². The summed E-state index contributed by atoms with van der Waals surface area (Å²) in [6.07, 6.45) is 2.59. The van der Waals surface area contributed by atoms with Crippen molar-refractivity contribution in [2.24, 2.45) is 4.99 Å². The minimum Gasteiger partial charge on any atom is -0.467 e. The zero-order chi connectivity index (χ0) is 19.1. The van der Waals surface area contributed by atoms with Gasteiger partial charge in [-0.25, -0.2) is 4.79 Å². The lowest BCUT2D eigenvalue weighted by atomic mass is 9.67. The maximum Gasteiger partial charge on any atom is 0.331 e.